The number of aliphatic hydroxyl groups is 1. The zero-order valence-corrected chi connectivity index (χ0v) is 11.8. The lowest BCUT2D eigenvalue weighted by molar-refractivity contribution is 0.186. The average Bonchev–Trinajstić information content (AvgIpc) is 2.19. The molecule has 0 aromatic heterocycles. The summed E-state index contributed by atoms with van der Waals surface area (Å²) in [6.07, 6.45) is 3.48. The Kier molecular flexibility index (Phi) is 5.37. The SMILES string of the molecule is CC(C)N(C)S(=O)(=O)N(CCCO)C1CCC1. The third kappa shape index (κ3) is 3.40. The standard InChI is InChI=1S/C11H24N2O3S/c1-10(2)12(3)17(15,16)13(8-5-9-14)11-6-4-7-11/h10-11,14H,4-9H2,1-3H3. The van der Waals surface area contributed by atoms with Crippen LogP contribution >= 0.6 is 0 Å². The lowest BCUT2D eigenvalue weighted by Crippen LogP contribution is -2.51. The topological polar surface area (TPSA) is 60.9 Å². The highest BCUT2D eigenvalue weighted by Gasteiger charge is 2.36. The van der Waals surface area contributed by atoms with Gasteiger partial charge in [-0.1, -0.05) is 6.42 Å². The summed E-state index contributed by atoms with van der Waals surface area (Å²) in [6, 6.07) is 0.0875. The number of hydrogen-bond donors (Lipinski definition) is 1. The highest BCUT2D eigenvalue weighted by Crippen LogP contribution is 2.28. The Labute approximate surface area is 105 Å². The molecular formula is C11H24N2O3S. The van der Waals surface area contributed by atoms with E-state index in [0.717, 1.165) is 19.3 Å². The van der Waals surface area contributed by atoms with Gasteiger partial charge in [-0.3, -0.25) is 0 Å². The van der Waals surface area contributed by atoms with Crippen LogP contribution in [0.3, 0.4) is 0 Å². The molecule has 1 saturated carbocycles. The Morgan fingerprint density at radius 1 is 1.35 bits per heavy atom. The molecule has 6 heteroatoms. The Bertz CT molecular complexity index is 326. The van der Waals surface area contributed by atoms with E-state index in [1.54, 1.807) is 11.4 Å². The van der Waals surface area contributed by atoms with Crippen LogP contribution in [0.5, 0.6) is 0 Å². The van der Waals surface area contributed by atoms with Crippen LogP contribution in [0.4, 0.5) is 0 Å². The Hall–Kier alpha value is -0.170. The number of rotatable bonds is 7. The molecule has 0 radical (unpaired) electrons. The van der Waals surface area contributed by atoms with E-state index in [1.165, 1.54) is 4.31 Å². The van der Waals surface area contributed by atoms with Crippen LogP contribution in [0, 0.1) is 0 Å². The molecule has 0 bridgehead atoms. The molecule has 0 aliphatic heterocycles. The maximum absolute atomic E-state index is 12.4. The summed E-state index contributed by atoms with van der Waals surface area (Å²) in [7, 11) is -1.76. The average molecular weight is 264 g/mol. The minimum absolute atomic E-state index is 0.0319. The monoisotopic (exact) mass is 264 g/mol. The van der Waals surface area contributed by atoms with Gasteiger partial charge in [-0.15, -0.1) is 0 Å². The van der Waals surface area contributed by atoms with Crippen molar-refractivity contribution in [3.8, 4) is 0 Å². The van der Waals surface area contributed by atoms with Crippen molar-refractivity contribution in [2.24, 2.45) is 0 Å². The van der Waals surface area contributed by atoms with E-state index in [-0.39, 0.29) is 18.7 Å². The van der Waals surface area contributed by atoms with Gasteiger partial charge in [0.15, 0.2) is 0 Å². The molecule has 0 aromatic rings. The quantitative estimate of drug-likeness (QED) is 0.740. The third-order valence-corrected chi connectivity index (χ3v) is 5.63. The predicted molar refractivity (Wildman–Crippen MR) is 67.9 cm³/mol. The first kappa shape index (κ1) is 14.9. The van der Waals surface area contributed by atoms with Crippen molar-refractivity contribution in [2.75, 3.05) is 20.2 Å². The summed E-state index contributed by atoms with van der Waals surface area (Å²) >= 11 is 0. The lowest BCUT2D eigenvalue weighted by atomic mass is 9.93. The van der Waals surface area contributed by atoms with Gasteiger partial charge in [0.1, 0.15) is 0 Å². The summed E-state index contributed by atoms with van der Waals surface area (Å²) in [5.74, 6) is 0. The van der Waals surface area contributed by atoms with Gasteiger partial charge >= 0.3 is 0 Å². The maximum Gasteiger partial charge on any atom is 0.282 e. The van der Waals surface area contributed by atoms with Gasteiger partial charge in [0.05, 0.1) is 0 Å². The van der Waals surface area contributed by atoms with Crippen LogP contribution in [0.1, 0.15) is 39.5 Å². The van der Waals surface area contributed by atoms with Gasteiger partial charge in [0.25, 0.3) is 10.2 Å². The molecule has 1 N–H and O–H groups in total. The van der Waals surface area contributed by atoms with Crippen molar-refractivity contribution in [2.45, 2.75) is 51.6 Å². The second-order valence-corrected chi connectivity index (χ2v) is 6.83. The molecule has 0 saturated heterocycles. The van der Waals surface area contributed by atoms with Crippen molar-refractivity contribution < 1.29 is 13.5 Å². The third-order valence-electron chi connectivity index (χ3n) is 3.41. The molecule has 0 spiro atoms. The van der Waals surface area contributed by atoms with Gasteiger partial charge in [0.2, 0.25) is 0 Å². The number of aliphatic hydroxyl groups excluding tert-OH is 1. The second kappa shape index (κ2) is 6.13. The van der Waals surface area contributed by atoms with E-state index in [9.17, 15) is 8.42 Å². The van der Waals surface area contributed by atoms with E-state index in [4.69, 9.17) is 5.11 Å². The fourth-order valence-corrected chi connectivity index (χ4v) is 3.63. The van der Waals surface area contributed by atoms with E-state index in [0.29, 0.717) is 13.0 Å². The summed E-state index contributed by atoms with van der Waals surface area (Å²) in [4.78, 5) is 0. The Morgan fingerprint density at radius 2 is 1.94 bits per heavy atom. The molecular weight excluding hydrogens is 240 g/mol. The summed E-state index contributed by atoms with van der Waals surface area (Å²) in [6.45, 7) is 4.18. The smallest absolute Gasteiger partial charge is 0.282 e. The highest BCUT2D eigenvalue weighted by molar-refractivity contribution is 7.86. The maximum atomic E-state index is 12.4. The predicted octanol–water partition coefficient (Wildman–Crippen LogP) is 0.808. The minimum atomic E-state index is -3.38. The van der Waals surface area contributed by atoms with Crippen molar-refractivity contribution >= 4 is 10.2 Å². The van der Waals surface area contributed by atoms with E-state index in [2.05, 4.69) is 0 Å². The van der Waals surface area contributed by atoms with Gasteiger partial charge in [-0.2, -0.15) is 17.0 Å². The normalized spacial score (nSPS) is 18.1. The van der Waals surface area contributed by atoms with Crippen LogP contribution < -0.4 is 0 Å². The fourth-order valence-electron chi connectivity index (χ4n) is 1.82. The number of nitrogens with zero attached hydrogens (tertiary/aromatic N) is 2. The van der Waals surface area contributed by atoms with Crippen LogP contribution in [0.25, 0.3) is 0 Å². The molecule has 0 heterocycles. The van der Waals surface area contributed by atoms with E-state index in [1.807, 2.05) is 13.8 Å². The van der Waals surface area contributed by atoms with Gasteiger partial charge in [0, 0.05) is 32.3 Å². The van der Waals surface area contributed by atoms with Crippen LogP contribution in [0.15, 0.2) is 0 Å². The zero-order chi connectivity index (χ0) is 13.1. The second-order valence-electron chi connectivity index (χ2n) is 4.89. The Morgan fingerprint density at radius 3 is 2.29 bits per heavy atom. The van der Waals surface area contributed by atoms with Crippen molar-refractivity contribution in [1.29, 1.82) is 0 Å². The van der Waals surface area contributed by atoms with Crippen molar-refractivity contribution in [1.82, 2.24) is 8.61 Å². The fraction of sp³-hybridized carbons (Fsp3) is 1.00. The summed E-state index contributed by atoms with van der Waals surface area (Å²) < 4.78 is 27.7. The lowest BCUT2D eigenvalue weighted by Gasteiger charge is -2.39. The molecule has 17 heavy (non-hydrogen) atoms. The van der Waals surface area contributed by atoms with E-state index < -0.39 is 10.2 Å². The largest absolute Gasteiger partial charge is 0.396 e. The molecule has 1 fully saturated rings. The van der Waals surface area contributed by atoms with Crippen molar-refractivity contribution in [3.63, 3.8) is 0 Å². The molecule has 1 rings (SSSR count). The van der Waals surface area contributed by atoms with E-state index >= 15 is 0 Å². The molecule has 0 amide bonds. The van der Waals surface area contributed by atoms with Crippen LogP contribution in [0.2, 0.25) is 0 Å². The summed E-state index contributed by atoms with van der Waals surface area (Å²) in [5, 5.41) is 8.87. The van der Waals surface area contributed by atoms with Gasteiger partial charge in [-0.25, -0.2) is 0 Å². The highest BCUT2D eigenvalue weighted by atomic mass is 32.2. The molecule has 5 nitrogen and oxygen atoms in total. The first-order valence-corrected chi connectivity index (χ1v) is 7.66. The molecule has 102 valence electrons. The van der Waals surface area contributed by atoms with Crippen LogP contribution in [-0.2, 0) is 10.2 Å². The van der Waals surface area contributed by atoms with Gasteiger partial charge < -0.3 is 5.11 Å². The first-order chi connectivity index (χ1) is 7.91. The molecule has 1 aliphatic rings. The van der Waals surface area contributed by atoms with Crippen molar-refractivity contribution in [3.05, 3.63) is 0 Å². The molecule has 0 aromatic carbocycles. The molecule has 0 atom stereocenters. The number of hydrogen-bond acceptors (Lipinski definition) is 3. The van der Waals surface area contributed by atoms with Gasteiger partial charge in [-0.05, 0) is 33.1 Å². The van der Waals surface area contributed by atoms with Crippen LogP contribution in [-0.4, -0.2) is 54.4 Å². The Balaban J connectivity index is 2.80. The zero-order valence-electron chi connectivity index (χ0n) is 11.0. The molecule has 1 aliphatic carbocycles. The molecule has 0 unspecified atom stereocenters. The minimum Gasteiger partial charge on any atom is -0.396 e. The first-order valence-electron chi connectivity index (χ1n) is 6.27. The summed E-state index contributed by atoms with van der Waals surface area (Å²) in [5.41, 5.74) is 0.